The second-order valence-electron chi connectivity index (χ2n) is 4.07. The summed E-state index contributed by atoms with van der Waals surface area (Å²) in [4.78, 5) is 3.89. The molecule has 94 valence electrons. The normalized spacial score (nSPS) is 12.4. The van der Waals surface area contributed by atoms with E-state index in [2.05, 4.69) is 4.98 Å². The first-order valence-corrected chi connectivity index (χ1v) is 5.85. The molecule has 2 aromatic rings. The van der Waals surface area contributed by atoms with E-state index in [9.17, 15) is 4.39 Å². The van der Waals surface area contributed by atoms with Crippen LogP contribution in [0.4, 0.5) is 10.2 Å². The number of aromatic nitrogens is 1. The Kier molecular flexibility index (Phi) is 3.79. The van der Waals surface area contributed by atoms with Crippen LogP contribution in [0.25, 0.3) is 0 Å². The molecule has 2 rings (SSSR count). The van der Waals surface area contributed by atoms with Crippen molar-refractivity contribution in [2.45, 2.75) is 12.5 Å². The summed E-state index contributed by atoms with van der Waals surface area (Å²) in [5, 5.41) is 0.358. The minimum atomic E-state index is -0.441. The highest BCUT2D eigenvalue weighted by atomic mass is 35.5. The van der Waals surface area contributed by atoms with Gasteiger partial charge in [0.2, 0.25) is 0 Å². The van der Waals surface area contributed by atoms with Gasteiger partial charge in [-0.2, -0.15) is 0 Å². The Bertz CT molecular complexity index is 560. The monoisotopic (exact) mass is 265 g/mol. The fourth-order valence-corrected chi connectivity index (χ4v) is 1.95. The molecule has 5 heteroatoms. The number of nitrogens with two attached hydrogens (primary N) is 2. The fourth-order valence-electron chi connectivity index (χ4n) is 1.79. The summed E-state index contributed by atoms with van der Waals surface area (Å²) in [7, 11) is 0. The Balaban J connectivity index is 2.19. The van der Waals surface area contributed by atoms with Gasteiger partial charge in [0.1, 0.15) is 11.6 Å². The van der Waals surface area contributed by atoms with E-state index < -0.39 is 11.9 Å². The molecule has 1 atom stereocenters. The van der Waals surface area contributed by atoms with Crippen LogP contribution in [0.5, 0.6) is 0 Å². The van der Waals surface area contributed by atoms with Crippen LogP contribution in [-0.2, 0) is 6.42 Å². The quantitative estimate of drug-likeness (QED) is 0.897. The fraction of sp³-hybridized carbons (Fsp3) is 0.154. The zero-order chi connectivity index (χ0) is 13.1. The number of anilines is 1. The third-order valence-corrected chi connectivity index (χ3v) is 2.90. The number of hydrogen-bond acceptors (Lipinski definition) is 3. The summed E-state index contributed by atoms with van der Waals surface area (Å²) in [6, 6.07) is 7.59. The first-order valence-electron chi connectivity index (χ1n) is 5.47. The summed E-state index contributed by atoms with van der Waals surface area (Å²) >= 11 is 5.70. The maximum Gasteiger partial charge on any atom is 0.129 e. The van der Waals surface area contributed by atoms with E-state index >= 15 is 0 Å². The van der Waals surface area contributed by atoms with Crippen LogP contribution in [0, 0.1) is 5.82 Å². The van der Waals surface area contributed by atoms with E-state index in [1.807, 2.05) is 6.07 Å². The van der Waals surface area contributed by atoms with Crippen LogP contribution in [0.3, 0.4) is 0 Å². The smallest absolute Gasteiger partial charge is 0.129 e. The van der Waals surface area contributed by atoms with Crippen LogP contribution in [-0.4, -0.2) is 4.98 Å². The SMILES string of the molecule is Nc1cc(CC(N)c2ccc(Cl)cc2F)ccn1. The molecule has 0 fully saturated rings. The van der Waals surface area contributed by atoms with E-state index in [0.29, 0.717) is 22.8 Å². The molecule has 0 spiro atoms. The number of halogens is 2. The second-order valence-corrected chi connectivity index (χ2v) is 4.50. The molecule has 0 aliphatic heterocycles. The molecule has 18 heavy (non-hydrogen) atoms. The zero-order valence-corrected chi connectivity index (χ0v) is 10.4. The second kappa shape index (κ2) is 5.33. The highest BCUT2D eigenvalue weighted by Gasteiger charge is 2.12. The van der Waals surface area contributed by atoms with Crippen molar-refractivity contribution >= 4 is 17.4 Å². The van der Waals surface area contributed by atoms with Gasteiger partial charge in [0.05, 0.1) is 0 Å². The summed E-state index contributed by atoms with van der Waals surface area (Å²) < 4.78 is 13.7. The van der Waals surface area contributed by atoms with Crippen molar-refractivity contribution in [2.75, 3.05) is 5.73 Å². The summed E-state index contributed by atoms with van der Waals surface area (Å²) in [5.41, 5.74) is 12.9. The van der Waals surface area contributed by atoms with Gasteiger partial charge in [0, 0.05) is 22.8 Å². The molecule has 0 amide bonds. The zero-order valence-electron chi connectivity index (χ0n) is 9.61. The molecular formula is C13H13ClFN3. The Morgan fingerprint density at radius 2 is 2.06 bits per heavy atom. The third-order valence-electron chi connectivity index (χ3n) is 2.66. The lowest BCUT2D eigenvalue weighted by Gasteiger charge is -2.13. The molecule has 3 nitrogen and oxygen atoms in total. The molecule has 0 bridgehead atoms. The predicted molar refractivity (Wildman–Crippen MR) is 70.7 cm³/mol. The minimum absolute atomic E-state index is 0.358. The van der Waals surface area contributed by atoms with Gasteiger partial charge in [-0.1, -0.05) is 17.7 Å². The molecule has 0 radical (unpaired) electrons. The van der Waals surface area contributed by atoms with Crippen LogP contribution in [0.15, 0.2) is 36.5 Å². The lowest BCUT2D eigenvalue weighted by molar-refractivity contribution is 0.580. The topological polar surface area (TPSA) is 64.9 Å². The largest absolute Gasteiger partial charge is 0.384 e. The summed E-state index contributed by atoms with van der Waals surface area (Å²) in [5.74, 6) is 0.0355. The van der Waals surface area contributed by atoms with Crippen molar-refractivity contribution in [3.05, 3.63) is 58.5 Å². The maximum absolute atomic E-state index is 13.7. The molecule has 0 aliphatic carbocycles. The third kappa shape index (κ3) is 2.97. The van der Waals surface area contributed by atoms with E-state index in [0.717, 1.165) is 5.56 Å². The average molecular weight is 266 g/mol. The number of rotatable bonds is 3. The Hall–Kier alpha value is -1.65. The Morgan fingerprint density at radius 1 is 1.28 bits per heavy atom. The van der Waals surface area contributed by atoms with Gasteiger partial charge in [-0.05, 0) is 36.2 Å². The van der Waals surface area contributed by atoms with Crippen LogP contribution in [0.1, 0.15) is 17.2 Å². The molecule has 0 saturated heterocycles. The first-order chi connectivity index (χ1) is 8.56. The van der Waals surface area contributed by atoms with Crippen molar-refractivity contribution in [2.24, 2.45) is 5.73 Å². The van der Waals surface area contributed by atoms with Crippen molar-refractivity contribution in [3.63, 3.8) is 0 Å². The summed E-state index contributed by atoms with van der Waals surface area (Å²) in [6.45, 7) is 0. The number of nitrogen functional groups attached to an aromatic ring is 1. The molecule has 1 heterocycles. The summed E-state index contributed by atoms with van der Waals surface area (Å²) in [6.07, 6.45) is 2.10. The molecule has 1 aromatic carbocycles. The van der Waals surface area contributed by atoms with Gasteiger partial charge in [-0.3, -0.25) is 0 Å². The van der Waals surface area contributed by atoms with E-state index in [4.69, 9.17) is 23.1 Å². The molecule has 0 aliphatic rings. The van der Waals surface area contributed by atoms with Gasteiger partial charge in [0.15, 0.2) is 0 Å². The molecule has 0 saturated carbocycles. The molecule has 1 unspecified atom stereocenters. The van der Waals surface area contributed by atoms with Crippen LogP contribution in [0.2, 0.25) is 5.02 Å². The van der Waals surface area contributed by atoms with Crippen molar-refractivity contribution in [3.8, 4) is 0 Å². The average Bonchev–Trinajstić information content (AvgIpc) is 2.28. The number of pyridine rings is 1. The number of benzene rings is 1. The number of nitrogens with zero attached hydrogens (tertiary/aromatic N) is 1. The highest BCUT2D eigenvalue weighted by molar-refractivity contribution is 6.30. The number of hydrogen-bond donors (Lipinski definition) is 2. The van der Waals surface area contributed by atoms with E-state index in [1.165, 1.54) is 6.07 Å². The van der Waals surface area contributed by atoms with Gasteiger partial charge >= 0.3 is 0 Å². The van der Waals surface area contributed by atoms with E-state index in [1.54, 1.807) is 24.4 Å². The highest BCUT2D eigenvalue weighted by Crippen LogP contribution is 2.22. The van der Waals surface area contributed by atoms with Crippen molar-refractivity contribution in [1.82, 2.24) is 4.98 Å². The van der Waals surface area contributed by atoms with E-state index in [-0.39, 0.29) is 0 Å². The molecular weight excluding hydrogens is 253 g/mol. The maximum atomic E-state index is 13.7. The standard InChI is InChI=1S/C13H13ClFN3/c14-9-1-2-10(11(15)7-9)12(16)5-8-3-4-18-13(17)6-8/h1-4,6-7,12H,5,16H2,(H2,17,18). The van der Waals surface area contributed by atoms with Crippen LogP contribution < -0.4 is 11.5 Å². The van der Waals surface area contributed by atoms with Gasteiger partial charge in [0.25, 0.3) is 0 Å². The minimum Gasteiger partial charge on any atom is -0.384 e. The van der Waals surface area contributed by atoms with Gasteiger partial charge in [-0.25, -0.2) is 9.37 Å². The molecule has 1 aromatic heterocycles. The predicted octanol–water partition coefficient (Wildman–Crippen LogP) is 2.70. The lowest BCUT2D eigenvalue weighted by atomic mass is 10.00. The Morgan fingerprint density at radius 3 is 2.72 bits per heavy atom. The van der Waals surface area contributed by atoms with Gasteiger partial charge in [-0.15, -0.1) is 0 Å². The van der Waals surface area contributed by atoms with Crippen LogP contribution >= 0.6 is 11.6 Å². The Labute approximate surface area is 110 Å². The molecule has 4 N–H and O–H groups in total. The van der Waals surface area contributed by atoms with Gasteiger partial charge < -0.3 is 11.5 Å². The first kappa shape index (κ1) is 12.8. The van der Waals surface area contributed by atoms with Crippen molar-refractivity contribution < 1.29 is 4.39 Å². The lowest BCUT2D eigenvalue weighted by Crippen LogP contribution is -2.15. The van der Waals surface area contributed by atoms with Crippen molar-refractivity contribution in [1.29, 1.82) is 0 Å².